The lowest BCUT2D eigenvalue weighted by Gasteiger charge is -2.22. The quantitative estimate of drug-likeness (QED) is 0.441. The van der Waals surface area contributed by atoms with Gasteiger partial charge in [-0.05, 0) is 110 Å². The highest BCUT2D eigenvalue weighted by molar-refractivity contribution is 5.56. The summed E-state index contributed by atoms with van der Waals surface area (Å²) in [5, 5.41) is 7.07. The standard InChI is InChI=1S/C24H30N4/c1-15-16(2)23(13-27-21-9-5-19(25)6-10-21)18(4)24(17(15)3)14-28-22-11-7-20(26)8-12-22/h5-12,27-28H,13-14,25-26H2,1-4H3. The molecular weight excluding hydrogens is 344 g/mol. The Morgan fingerprint density at radius 2 is 0.893 bits per heavy atom. The molecule has 0 unspecified atom stereocenters. The molecule has 28 heavy (non-hydrogen) atoms. The second-order valence-electron chi connectivity index (χ2n) is 7.41. The maximum atomic E-state index is 5.79. The first-order chi connectivity index (χ1) is 13.4. The van der Waals surface area contributed by atoms with Crippen molar-refractivity contribution >= 4 is 22.7 Å². The van der Waals surface area contributed by atoms with Crippen molar-refractivity contribution in [2.24, 2.45) is 0 Å². The fourth-order valence-electron chi connectivity index (χ4n) is 3.59. The lowest BCUT2D eigenvalue weighted by molar-refractivity contribution is 1.00. The molecule has 0 heterocycles. The highest BCUT2D eigenvalue weighted by Gasteiger charge is 2.14. The fraction of sp³-hybridized carbons (Fsp3) is 0.250. The summed E-state index contributed by atoms with van der Waals surface area (Å²) < 4.78 is 0. The Hall–Kier alpha value is -3.14. The summed E-state index contributed by atoms with van der Waals surface area (Å²) in [7, 11) is 0. The van der Waals surface area contributed by atoms with E-state index in [2.05, 4.69) is 38.3 Å². The lowest BCUT2D eigenvalue weighted by Crippen LogP contribution is -2.12. The van der Waals surface area contributed by atoms with Crippen molar-refractivity contribution in [3.8, 4) is 0 Å². The van der Waals surface area contributed by atoms with Crippen molar-refractivity contribution < 1.29 is 0 Å². The zero-order valence-electron chi connectivity index (χ0n) is 17.2. The molecule has 0 aliphatic heterocycles. The average molecular weight is 375 g/mol. The van der Waals surface area contributed by atoms with Gasteiger partial charge in [-0.2, -0.15) is 0 Å². The molecule has 3 rings (SSSR count). The highest BCUT2D eigenvalue weighted by Crippen LogP contribution is 2.28. The molecule has 0 radical (unpaired) electrons. The number of hydrogen-bond donors (Lipinski definition) is 4. The smallest absolute Gasteiger partial charge is 0.0406 e. The second-order valence-corrected chi connectivity index (χ2v) is 7.41. The van der Waals surface area contributed by atoms with E-state index in [-0.39, 0.29) is 0 Å². The van der Waals surface area contributed by atoms with E-state index in [4.69, 9.17) is 11.5 Å². The Morgan fingerprint density at radius 3 is 1.25 bits per heavy atom. The van der Waals surface area contributed by atoms with E-state index in [0.717, 1.165) is 35.8 Å². The van der Waals surface area contributed by atoms with Gasteiger partial charge in [0.2, 0.25) is 0 Å². The molecule has 0 fully saturated rings. The van der Waals surface area contributed by atoms with E-state index in [9.17, 15) is 0 Å². The fourth-order valence-corrected chi connectivity index (χ4v) is 3.59. The van der Waals surface area contributed by atoms with Crippen LogP contribution >= 0.6 is 0 Å². The van der Waals surface area contributed by atoms with Crippen LogP contribution in [-0.4, -0.2) is 0 Å². The number of hydrogen-bond acceptors (Lipinski definition) is 4. The third kappa shape index (κ3) is 4.22. The van der Waals surface area contributed by atoms with Crippen LogP contribution < -0.4 is 22.1 Å². The third-order valence-electron chi connectivity index (χ3n) is 5.70. The zero-order valence-corrected chi connectivity index (χ0v) is 17.2. The molecule has 0 amide bonds. The number of rotatable bonds is 6. The second kappa shape index (κ2) is 8.26. The largest absolute Gasteiger partial charge is 0.399 e. The normalized spacial score (nSPS) is 10.7. The maximum Gasteiger partial charge on any atom is 0.0406 e. The first-order valence-electron chi connectivity index (χ1n) is 9.63. The number of nitrogen functional groups attached to an aromatic ring is 2. The van der Waals surface area contributed by atoms with Gasteiger partial charge in [0.05, 0.1) is 0 Å². The summed E-state index contributed by atoms with van der Waals surface area (Å²) in [5.41, 5.74) is 23.4. The maximum absolute atomic E-state index is 5.79. The van der Waals surface area contributed by atoms with Crippen molar-refractivity contribution in [1.29, 1.82) is 0 Å². The molecule has 6 N–H and O–H groups in total. The van der Waals surface area contributed by atoms with Gasteiger partial charge >= 0.3 is 0 Å². The van der Waals surface area contributed by atoms with Crippen molar-refractivity contribution in [3.63, 3.8) is 0 Å². The van der Waals surface area contributed by atoms with Crippen LogP contribution in [0.4, 0.5) is 22.7 Å². The minimum Gasteiger partial charge on any atom is -0.399 e. The highest BCUT2D eigenvalue weighted by atomic mass is 14.9. The molecule has 0 aliphatic carbocycles. The summed E-state index contributed by atoms with van der Waals surface area (Å²) in [4.78, 5) is 0. The molecular formula is C24H30N4. The summed E-state index contributed by atoms with van der Waals surface area (Å²) >= 11 is 0. The molecule has 4 heteroatoms. The van der Waals surface area contributed by atoms with E-state index in [1.807, 2.05) is 48.5 Å². The Labute approximate surface area is 168 Å². The number of anilines is 4. The molecule has 0 aliphatic rings. The van der Waals surface area contributed by atoms with Gasteiger partial charge in [-0.3, -0.25) is 0 Å². The van der Waals surface area contributed by atoms with Crippen LogP contribution in [0, 0.1) is 27.7 Å². The predicted octanol–water partition coefficient (Wildman–Crippen LogP) is 5.31. The van der Waals surface area contributed by atoms with Crippen LogP contribution in [0.3, 0.4) is 0 Å². The molecule has 146 valence electrons. The number of nitrogens with two attached hydrogens (primary N) is 2. The van der Waals surface area contributed by atoms with E-state index in [0.29, 0.717) is 0 Å². The molecule has 3 aromatic carbocycles. The summed E-state index contributed by atoms with van der Waals surface area (Å²) in [6.07, 6.45) is 0. The van der Waals surface area contributed by atoms with E-state index in [1.165, 1.54) is 33.4 Å². The first-order valence-corrected chi connectivity index (χ1v) is 9.63. The number of benzene rings is 3. The third-order valence-corrected chi connectivity index (χ3v) is 5.70. The van der Waals surface area contributed by atoms with Crippen LogP contribution in [0.1, 0.15) is 33.4 Å². The minimum atomic E-state index is 0.778. The van der Waals surface area contributed by atoms with Crippen molar-refractivity contribution in [2.75, 3.05) is 22.1 Å². The Kier molecular flexibility index (Phi) is 5.78. The molecule has 0 aromatic heterocycles. The van der Waals surface area contributed by atoms with Gasteiger partial charge in [0.1, 0.15) is 0 Å². The minimum absolute atomic E-state index is 0.778. The van der Waals surface area contributed by atoms with E-state index >= 15 is 0 Å². The van der Waals surface area contributed by atoms with Crippen LogP contribution in [0.15, 0.2) is 48.5 Å². The number of nitrogens with one attached hydrogen (secondary N) is 2. The van der Waals surface area contributed by atoms with Gasteiger partial charge < -0.3 is 22.1 Å². The molecule has 0 bridgehead atoms. The van der Waals surface area contributed by atoms with Gasteiger partial charge in [0.25, 0.3) is 0 Å². The molecule has 3 aromatic rings. The monoisotopic (exact) mass is 374 g/mol. The van der Waals surface area contributed by atoms with Gasteiger partial charge in [-0.15, -0.1) is 0 Å². The molecule has 0 saturated carbocycles. The Bertz CT molecular complexity index is 881. The molecule has 0 spiro atoms. The lowest BCUT2D eigenvalue weighted by atomic mass is 9.88. The summed E-state index contributed by atoms with van der Waals surface area (Å²) in [5.74, 6) is 0. The van der Waals surface area contributed by atoms with Gasteiger partial charge in [-0.1, -0.05) is 0 Å². The van der Waals surface area contributed by atoms with Crippen LogP contribution in [0.5, 0.6) is 0 Å². The van der Waals surface area contributed by atoms with Gasteiger partial charge in [0.15, 0.2) is 0 Å². The molecule has 0 saturated heterocycles. The van der Waals surface area contributed by atoms with Crippen LogP contribution in [-0.2, 0) is 13.1 Å². The van der Waals surface area contributed by atoms with Crippen LogP contribution in [0.2, 0.25) is 0 Å². The van der Waals surface area contributed by atoms with E-state index in [1.54, 1.807) is 0 Å². The summed E-state index contributed by atoms with van der Waals surface area (Å²) in [6, 6.07) is 15.8. The van der Waals surface area contributed by atoms with Gasteiger partial charge in [0, 0.05) is 35.8 Å². The molecule has 4 nitrogen and oxygen atoms in total. The predicted molar refractivity (Wildman–Crippen MR) is 122 cm³/mol. The average Bonchev–Trinajstić information content (AvgIpc) is 2.69. The Morgan fingerprint density at radius 1 is 0.536 bits per heavy atom. The summed E-state index contributed by atoms with van der Waals surface area (Å²) in [6.45, 7) is 10.4. The topological polar surface area (TPSA) is 76.1 Å². The van der Waals surface area contributed by atoms with Crippen molar-refractivity contribution in [2.45, 2.75) is 40.8 Å². The van der Waals surface area contributed by atoms with Crippen molar-refractivity contribution in [1.82, 2.24) is 0 Å². The van der Waals surface area contributed by atoms with Gasteiger partial charge in [-0.25, -0.2) is 0 Å². The first kappa shape index (κ1) is 19.6. The zero-order chi connectivity index (χ0) is 20.3. The van der Waals surface area contributed by atoms with Crippen molar-refractivity contribution in [3.05, 3.63) is 81.9 Å². The Balaban J connectivity index is 1.83. The van der Waals surface area contributed by atoms with E-state index < -0.39 is 0 Å². The molecule has 0 atom stereocenters. The SMILES string of the molecule is Cc1c(C)c(CNc2ccc(N)cc2)c(C)c(CNc2ccc(N)cc2)c1C. The van der Waals surface area contributed by atoms with Crippen LogP contribution in [0.25, 0.3) is 0 Å².